The normalized spacial score (nSPS) is 12.2. The number of rotatable bonds is 6. The van der Waals surface area contributed by atoms with Crippen LogP contribution in [0.25, 0.3) is 16.5 Å². The van der Waals surface area contributed by atoms with Crippen molar-refractivity contribution in [3.05, 3.63) is 64.9 Å². The van der Waals surface area contributed by atoms with Crippen LogP contribution in [0, 0.1) is 13.8 Å². The standard InChI is InChI=1S/C22H24N2O5S/c1-13(18-10-19-14(2)15(3)29-21(19)11-20(18)28-4)9-22(25)24-12-16-5-7-17(8-6-16)30(23,26)27/h5-11H,12H2,1-4H3,(H,24,25)(H2,23,26,27)/b13-9+. The van der Waals surface area contributed by atoms with Crippen molar-refractivity contribution < 1.29 is 22.4 Å². The molecule has 1 amide bonds. The van der Waals surface area contributed by atoms with Crippen LogP contribution >= 0.6 is 0 Å². The van der Waals surface area contributed by atoms with Crippen LogP contribution in [-0.2, 0) is 21.4 Å². The highest BCUT2D eigenvalue weighted by Crippen LogP contribution is 2.34. The van der Waals surface area contributed by atoms with Gasteiger partial charge >= 0.3 is 0 Å². The Bertz CT molecular complexity index is 1240. The van der Waals surface area contributed by atoms with Crippen molar-refractivity contribution in [2.75, 3.05) is 7.11 Å². The number of aryl methyl sites for hydroxylation is 2. The molecule has 1 aromatic heterocycles. The molecular formula is C22H24N2O5S. The maximum Gasteiger partial charge on any atom is 0.244 e. The molecule has 8 heteroatoms. The zero-order chi connectivity index (χ0) is 22.1. The summed E-state index contributed by atoms with van der Waals surface area (Å²) < 4.78 is 33.8. The van der Waals surface area contributed by atoms with E-state index in [1.54, 1.807) is 19.2 Å². The molecule has 0 aliphatic carbocycles. The summed E-state index contributed by atoms with van der Waals surface area (Å²) in [6, 6.07) is 9.83. The van der Waals surface area contributed by atoms with Crippen LogP contribution in [0.15, 0.2) is 51.8 Å². The number of primary sulfonamides is 1. The first-order valence-corrected chi connectivity index (χ1v) is 10.8. The SMILES string of the molecule is COc1cc2oc(C)c(C)c2cc1/C(C)=C/C(=O)NCc1ccc(S(N)(=O)=O)cc1. The number of allylic oxidation sites excluding steroid dienone is 1. The second kappa shape index (κ2) is 8.33. The minimum Gasteiger partial charge on any atom is -0.496 e. The number of benzene rings is 2. The molecule has 0 aliphatic rings. The minimum atomic E-state index is -3.74. The average molecular weight is 429 g/mol. The van der Waals surface area contributed by atoms with Crippen molar-refractivity contribution in [1.82, 2.24) is 5.32 Å². The van der Waals surface area contributed by atoms with Crippen molar-refractivity contribution in [2.45, 2.75) is 32.2 Å². The molecule has 0 saturated carbocycles. The highest BCUT2D eigenvalue weighted by molar-refractivity contribution is 7.89. The van der Waals surface area contributed by atoms with E-state index in [1.807, 2.05) is 32.9 Å². The van der Waals surface area contributed by atoms with Crippen molar-refractivity contribution in [1.29, 1.82) is 0 Å². The fourth-order valence-electron chi connectivity index (χ4n) is 3.16. The van der Waals surface area contributed by atoms with Gasteiger partial charge in [0.1, 0.15) is 17.1 Å². The summed E-state index contributed by atoms with van der Waals surface area (Å²) in [5.74, 6) is 1.19. The van der Waals surface area contributed by atoms with Crippen molar-refractivity contribution in [2.24, 2.45) is 5.14 Å². The molecule has 3 aromatic rings. The molecule has 0 bridgehead atoms. The number of carbonyl (C=O) groups is 1. The Labute approximate surface area is 175 Å². The molecule has 30 heavy (non-hydrogen) atoms. The molecule has 0 unspecified atom stereocenters. The monoisotopic (exact) mass is 428 g/mol. The maximum absolute atomic E-state index is 12.4. The average Bonchev–Trinajstić information content (AvgIpc) is 2.98. The lowest BCUT2D eigenvalue weighted by molar-refractivity contribution is -0.116. The summed E-state index contributed by atoms with van der Waals surface area (Å²) in [7, 11) is -2.16. The van der Waals surface area contributed by atoms with Gasteiger partial charge in [0.15, 0.2) is 0 Å². The van der Waals surface area contributed by atoms with Gasteiger partial charge in [0.2, 0.25) is 15.9 Å². The lowest BCUT2D eigenvalue weighted by Crippen LogP contribution is -2.20. The van der Waals surface area contributed by atoms with E-state index in [4.69, 9.17) is 14.3 Å². The number of furan rings is 1. The van der Waals surface area contributed by atoms with Gasteiger partial charge in [0, 0.05) is 29.6 Å². The quantitative estimate of drug-likeness (QED) is 0.584. The molecule has 2 aromatic carbocycles. The molecular weight excluding hydrogens is 404 g/mol. The lowest BCUT2D eigenvalue weighted by atomic mass is 10.0. The van der Waals surface area contributed by atoms with E-state index in [-0.39, 0.29) is 17.3 Å². The summed E-state index contributed by atoms with van der Waals surface area (Å²) in [5.41, 5.74) is 4.10. The largest absolute Gasteiger partial charge is 0.496 e. The number of sulfonamides is 1. The van der Waals surface area contributed by atoms with E-state index < -0.39 is 10.0 Å². The van der Waals surface area contributed by atoms with Gasteiger partial charge in [-0.05, 0) is 55.7 Å². The third-order valence-electron chi connectivity index (χ3n) is 4.99. The second-order valence-corrected chi connectivity index (χ2v) is 8.63. The summed E-state index contributed by atoms with van der Waals surface area (Å²) in [5, 5.41) is 8.86. The number of hydrogen-bond acceptors (Lipinski definition) is 5. The number of ether oxygens (including phenoxy) is 1. The van der Waals surface area contributed by atoms with Crippen molar-refractivity contribution >= 4 is 32.5 Å². The molecule has 1 heterocycles. The van der Waals surface area contributed by atoms with Gasteiger partial charge in [-0.2, -0.15) is 0 Å². The number of fused-ring (bicyclic) bond motifs is 1. The number of nitrogens with one attached hydrogen (secondary N) is 1. The molecule has 0 radical (unpaired) electrons. The third-order valence-corrected chi connectivity index (χ3v) is 5.92. The highest BCUT2D eigenvalue weighted by Gasteiger charge is 2.14. The highest BCUT2D eigenvalue weighted by atomic mass is 32.2. The molecule has 7 nitrogen and oxygen atoms in total. The van der Waals surface area contributed by atoms with E-state index >= 15 is 0 Å². The second-order valence-electron chi connectivity index (χ2n) is 7.07. The van der Waals surface area contributed by atoms with Crippen LogP contribution in [-0.4, -0.2) is 21.4 Å². The zero-order valence-corrected chi connectivity index (χ0v) is 18.1. The van der Waals surface area contributed by atoms with Gasteiger partial charge < -0.3 is 14.5 Å². The summed E-state index contributed by atoms with van der Waals surface area (Å²) in [6.07, 6.45) is 1.50. The summed E-state index contributed by atoms with van der Waals surface area (Å²) >= 11 is 0. The Morgan fingerprint density at radius 2 is 1.87 bits per heavy atom. The summed E-state index contributed by atoms with van der Waals surface area (Å²) in [4.78, 5) is 12.4. The molecule has 0 fully saturated rings. The topological polar surface area (TPSA) is 112 Å². The van der Waals surface area contributed by atoms with Gasteiger partial charge in [-0.3, -0.25) is 4.79 Å². The molecule has 3 N–H and O–H groups in total. The molecule has 0 atom stereocenters. The van der Waals surface area contributed by atoms with E-state index in [0.29, 0.717) is 5.75 Å². The van der Waals surface area contributed by atoms with E-state index in [2.05, 4.69) is 5.32 Å². The predicted molar refractivity (Wildman–Crippen MR) is 116 cm³/mol. The van der Waals surface area contributed by atoms with Crippen LogP contribution < -0.4 is 15.2 Å². The fourth-order valence-corrected chi connectivity index (χ4v) is 3.67. The van der Waals surface area contributed by atoms with Crippen LogP contribution in [0.1, 0.15) is 29.4 Å². The van der Waals surface area contributed by atoms with Crippen LogP contribution in [0.3, 0.4) is 0 Å². The number of hydrogen-bond donors (Lipinski definition) is 2. The van der Waals surface area contributed by atoms with E-state index in [1.165, 1.54) is 18.2 Å². The first-order valence-electron chi connectivity index (χ1n) is 9.26. The lowest BCUT2D eigenvalue weighted by Gasteiger charge is -2.10. The summed E-state index contributed by atoms with van der Waals surface area (Å²) in [6.45, 7) is 5.99. The number of nitrogens with two attached hydrogens (primary N) is 1. The first-order chi connectivity index (χ1) is 14.1. The van der Waals surface area contributed by atoms with E-state index in [0.717, 1.165) is 39.0 Å². The zero-order valence-electron chi connectivity index (χ0n) is 17.3. The van der Waals surface area contributed by atoms with Crippen LogP contribution in [0.4, 0.5) is 0 Å². The molecule has 3 rings (SSSR count). The van der Waals surface area contributed by atoms with Gasteiger partial charge in [0.05, 0.1) is 12.0 Å². The smallest absolute Gasteiger partial charge is 0.244 e. The van der Waals surface area contributed by atoms with Crippen LogP contribution in [0.5, 0.6) is 5.75 Å². The van der Waals surface area contributed by atoms with Crippen molar-refractivity contribution in [3.8, 4) is 5.75 Å². The third kappa shape index (κ3) is 4.55. The number of amides is 1. The van der Waals surface area contributed by atoms with E-state index in [9.17, 15) is 13.2 Å². The maximum atomic E-state index is 12.4. The Balaban J connectivity index is 1.78. The van der Waals surface area contributed by atoms with Gasteiger partial charge in [-0.15, -0.1) is 0 Å². The Morgan fingerprint density at radius 1 is 1.20 bits per heavy atom. The number of carbonyl (C=O) groups excluding carboxylic acids is 1. The predicted octanol–water partition coefficient (Wildman–Crippen LogP) is 3.43. The van der Waals surface area contributed by atoms with Gasteiger partial charge in [-0.1, -0.05) is 12.1 Å². The first kappa shape index (κ1) is 21.6. The molecule has 0 saturated heterocycles. The molecule has 0 aliphatic heterocycles. The number of methoxy groups -OCH3 is 1. The fraction of sp³-hybridized carbons (Fsp3) is 0.227. The van der Waals surface area contributed by atoms with Crippen molar-refractivity contribution in [3.63, 3.8) is 0 Å². The Morgan fingerprint density at radius 3 is 2.47 bits per heavy atom. The Kier molecular flexibility index (Phi) is 6.00. The van der Waals surface area contributed by atoms with Gasteiger partial charge in [0.25, 0.3) is 0 Å². The van der Waals surface area contributed by atoms with Crippen LogP contribution in [0.2, 0.25) is 0 Å². The minimum absolute atomic E-state index is 0.0283. The molecule has 158 valence electrons. The molecule has 0 spiro atoms. The Hall–Kier alpha value is -3.10. The van der Waals surface area contributed by atoms with Gasteiger partial charge in [-0.25, -0.2) is 13.6 Å².